The molecule has 4 nitrogen and oxygen atoms in total. The predicted octanol–water partition coefficient (Wildman–Crippen LogP) is 9.09. The number of carbonyl (C=O) groups is 1. The minimum atomic E-state index is -0.467. The Bertz CT molecular complexity index is 1490. The molecule has 1 amide bonds. The number of aromatic nitrogens is 1. The van der Waals surface area contributed by atoms with E-state index in [-0.39, 0.29) is 5.76 Å². The number of rotatable bonds is 4. The average molecular weight is 534 g/mol. The number of benzene rings is 3. The number of anilines is 1. The van der Waals surface area contributed by atoms with Gasteiger partial charge in [0.1, 0.15) is 10.8 Å². The Kier molecular flexibility index (Phi) is 6.08. The number of fused-ring (bicyclic) bond motifs is 1. The van der Waals surface area contributed by atoms with Crippen molar-refractivity contribution in [1.82, 2.24) is 4.98 Å². The van der Waals surface area contributed by atoms with Crippen LogP contribution in [-0.4, -0.2) is 10.9 Å². The minimum Gasteiger partial charge on any atom is -0.451 e. The van der Waals surface area contributed by atoms with E-state index in [1.165, 1.54) is 11.3 Å². The normalized spacial score (nSPS) is 11.2. The topological polar surface area (TPSA) is 55.1 Å². The molecule has 2 aromatic heterocycles. The molecule has 5 aromatic rings. The average Bonchev–Trinajstić information content (AvgIpc) is 3.43. The highest BCUT2D eigenvalue weighted by Crippen LogP contribution is 2.39. The van der Waals surface area contributed by atoms with Gasteiger partial charge in [0.05, 0.1) is 31.0 Å². The van der Waals surface area contributed by atoms with Crippen molar-refractivity contribution in [2.75, 3.05) is 5.32 Å². The van der Waals surface area contributed by atoms with Crippen LogP contribution in [0.4, 0.5) is 5.69 Å². The lowest BCUT2D eigenvalue weighted by Crippen LogP contribution is -2.11. The van der Waals surface area contributed by atoms with Crippen molar-refractivity contribution < 1.29 is 9.21 Å². The van der Waals surface area contributed by atoms with E-state index >= 15 is 0 Å². The third-order valence-corrected chi connectivity index (χ3v) is 7.10. The third-order valence-electron chi connectivity index (χ3n) is 4.86. The number of amides is 1. The molecule has 1 N–H and O–H groups in total. The molecule has 0 spiro atoms. The SMILES string of the molecule is O=C(Nc1cc(-c2nc3ccccc3s2)c(Cl)cc1Cl)c1ccc(-c2ccc(Cl)cc2Cl)o1. The molecule has 0 unspecified atom stereocenters. The number of thiazole rings is 1. The van der Waals surface area contributed by atoms with Gasteiger partial charge in [0.25, 0.3) is 5.91 Å². The van der Waals surface area contributed by atoms with E-state index in [2.05, 4.69) is 10.3 Å². The quantitative estimate of drug-likeness (QED) is 0.250. The fourth-order valence-corrected chi connectivity index (χ4v) is 5.35. The molecule has 0 saturated carbocycles. The van der Waals surface area contributed by atoms with Crippen LogP contribution in [0.1, 0.15) is 10.6 Å². The van der Waals surface area contributed by atoms with Gasteiger partial charge in [-0.3, -0.25) is 4.79 Å². The van der Waals surface area contributed by atoms with Gasteiger partial charge in [-0.05, 0) is 54.6 Å². The van der Waals surface area contributed by atoms with Gasteiger partial charge >= 0.3 is 0 Å². The molecule has 2 heterocycles. The van der Waals surface area contributed by atoms with Crippen molar-refractivity contribution in [2.24, 2.45) is 0 Å². The van der Waals surface area contributed by atoms with E-state index in [1.54, 1.807) is 42.5 Å². The molecule has 0 bridgehead atoms. The summed E-state index contributed by atoms with van der Waals surface area (Å²) >= 11 is 26.5. The molecule has 0 atom stereocenters. The van der Waals surface area contributed by atoms with Crippen LogP contribution in [0.15, 0.2) is 71.1 Å². The molecule has 5 rings (SSSR count). The molecular weight excluding hydrogens is 522 g/mol. The van der Waals surface area contributed by atoms with Gasteiger partial charge in [0.2, 0.25) is 0 Å². The molecular formula is C24H12Cl4N2O2S. The zero-order chi connectivity index (χ0) is 23.1. The predicted molar refractivity (Wildman–Crippen MR) is 137 cm³/mol. The maximum Gasteiger partial charge on any atom is 0.291 e. The first kappa shape index (κ1) is 22.3. The van der Waals surface area contributed by atoms with E-state index in [9.17, 15) is 4.79 Å². The number of hydrogen-bond acceptors (Lipinski definition) is 4. The number of para-hydroxylation sites is 1. The zero-order valence-corrected chi connectivity index (χ0v) is 20.4. The molecule has 0 aliphatic carbocycles. The van der Waals surface area contributed by atoms with Gasteiger partial charge in [-0.25, -0.2) is 4.98 Å². The van der Waals surface area contributed by atoms with Crippen LogP contribution in [0, 0.1) is 0 Å². The highest BCUT2D eigenvalue weighted by atomic mass is 35.5. The lowest BCUT2D eigenvalue weighted by molar-refractivity contribution is 0.0997. The van der Waals surface area contributed by atoms with Gasteiger partial charge in [-0.2, -0.15) is 0 Å². The molecule has 33 heavy (non-hydrogen) atoms. The summed E-state index contributed by atoms with van der Waals surface area (Å²) in [7, 11) is 0. The second kappa shape index (κ2) is 9.01. The molecule has 3 aromatic carbocycles. The monoisotopic (exact) mass is 532 g/mol. The first-order valence-electron chi connectivity index (χ1n) is 9.60. The number of nitrogens with zero attached hydrogens (tertiary/aromatic N) is 1. The summed E-state index contributed by atoms with van der Waals surface area (Å²) in [6.45, 7) is 0. The molecule has 0 aliphatic heterocycles. The highest BCUT2D eigenvalue weighted by molar-refractivity contribution is 7.21. The summed E-state index contributed by atoms with van der Waals surface area (Å²) in [5.41, 5.74) is 2.56. The zero-order valence-electron chi connectivity index (χ0n) is 16.5. The van der Waals surface area contributed by atoms with Crippen LogP contribution in [0.25, 0.3) is 32.1 Å². The van der Waals surface area contributed by atoms with Gasteiger partial charge in [0.15, 0.2) is 5.76 Å². The van der Waals surface area contributed by atoms with Crippen LogP contribution >= 0.6 is 57.7 Å². The van der Waals surface area contributed by atoms with E-state index < -0.39 is 5.91 Å². The largest absolute Gasteiger partial charge is 0.451 e. The van der Waals surface area contributed by atoms with Crippen molar-refractivity contribution in [3.63, 3.8) is 0 Å². The van der Waals surface area contributed by atoms with Gasteiger partial charge in [-0.15, -0.1) is 11.3 Å². The molecule has 9 heteroatoms. The van der Waals surface area contributed by atoms with Crippen LogP contribution in [0.3, 0.4) is 0 Å². The van der Waals surface area contributed by atoms with Crippen molar-refractivity contribution in [3.05, 3.63) is 92.6 Å². The Hall–Kier alpha value is -2.54. The first-order valence-corrected chi connectivity index (χ1v) is 11.9. The second-order valence-electron chi connectivity index (χ2n) is 7.04. The smallest absolute Gasteiger partial charge is 0.291 e. The summed E-state index contributed by atoms with van der Waals surface area (Å²) in [6.07, 6.45) is 0. The van der Waals surface area contributed by atoms with E-state index in [0.717, 1.165) is 15.2 Å². The Morgan fingerprint density at radius 1 is 0.848 bits per heavy atom. The fraction of sp³-hybridized carbons (Fsp3) is 0. The highest BCUT2D eigenvalue weighted by Gasteiger charge is 2.18. The standard InChI is InChI=1S/C24H12Cl4N2O2S/c25-12-5-6-13(15(26)9-12)20-7-8-21(32-20)23(31)29-19-10-14(16(27)11-17(19)28)24-30-18-3-1-2-4-22(18)33-24/h1-11H,(H,29,31). The molecule has 0 saturated heterocycles. The molecule has 0 aliphatic rings. The molecule has 0 fully saturated rings. The lowest BCUT2D eigenvalue weighted by atomic mass is 10.2. The fourth-order valence-electron chi connectivity index (χ4n) is 3.27. The summed E-state index contributed by atoms with van der Waals surface area (Å²) in [5, 5.41) is 5.18. The Morgan fingerprint density at radius 2 is 1.64 bits per heavy atom. The first-order chi connectivity index (χ1) is 15.9. The van der Waals surface area contributed by atoms with Crippen LogP contribution in [0.5, 0.6) is 0 Å². The summed E-state index contributed by atoms with van der Waals surface area (Å²) in [6, 6.07) is 19.4. The Labute approximate surface area is 212 Å². The Balaban J connectivity index is 1.44. The van der Waals surface area contributed by atoms with E-state index in [0.29, 0.717) is 42.7 Å². The summed E-state index contributed by atoms with van der Waals surface area (Å²) in [5.74, 6) is 0.0774. The van der Waals surface area contributed by atoms with Crippen molar-refractivity contribution >= 4 is 79.6 Å². The second-order valence-corrected chi connectivity index (χ2v) is 9.73. The van der Waals surface area contributed by atoms with Crippen LogP contribution < -0.4 is 5.32 Å². The van der Waals surface area contributed by atoms with Gasteiger partial charge in [0, 0.05) is 16.1 Å². The van der Waals surface area contributed by atoms with Crippen molar-refractivity contribution in [2.45, 2.75) is 0 Å². The number of nitrogens with one attached hydrogen (secondary N) is 1. The number of halogens is 4. The lowest BCUT2D eigenvalue weighted by Gasteiger charge is -2.09. The number of hydrogen-bond donors (Lipinski definition) is 1. The van der Waals surface area contributed by atoms with Crippen LogP contribution in [-0.2, 0) is 0 Å². The van der Waals surface area contributed by atoms with Crippen LogP contribution in [0.2, 0.25) is 20.1 Å². The number of carbonyl (C=O) groups excluding carboxylic acids is 1. The third kappa shape index (κ3) is 4.47. The van der Waals surface area contributed by atoms with E-state index in [1.807, 2.05) is 24.3 Å². The molecule has 164 valence electrons. The van der Waals surface area contributed by atoms with Crippen molar-refractivity contribution in [3.8, 4) is 21.9 Å². The summed E-state index contributed by atoms with van der Waals surface area (Å²) < 4.78 is 6.76. The number of furan rings is 1. The minimum absolute atomic E-state index is 0.101. The maximum atomic E-state index is 12.9. The van der Waals surface area contributed by atoms with E-state index in [4.69, 9.17) is 50.8 Å². The Morgan fingerprint density at radius 3 is 2.42 bits per heavy atom. The van der Waals surface area contributed by atoms with Gasteiger partial charge < -0.3 is 9.73 Å². The van der Waals surface area contributed by atoms with Gasteiger partial charge in [-0.1, -0.05) is 58.5 Å². The molecule has 0 radical (unpaired) electrons. The summed E-state index contributed by atoms with van der Waals surface area (Å²) in [4.78, 5) is 17.5. The van der Waals surface area contributed by atoms with Crippen molar-refractivity contribution in [1.29, 1.82) is 0 Å². The maximum absolute atomic E-state index is 12.9.